The summed E-state index contributed by atoms with van der Waals surface area (Å²) < 4.78 is 10.5. The smallest absolute Gasteiger partial charge is 0.0622 e. The van der Waals surface area contributed by atoms with E-state index >= 15 is 0 Å². The second-order valence-corrected chi connectivity index (χ2v) is 4.17. The van der Waals surface area contributed by atoms with E-state index in [2.05, 4.69) is 11.8 Å². The van der Waals surface area contributed by atoms with Crippen molar-refractivity contribution in [2.45, 2.75) is 31.8 Å². The summed E-state index contributed by atoms with van der Waals surface area (Å²) in [6, 6.07) is 0.768. The Labute approximate surface area is 92.7 Å². The van der Waals surface area contributed by atoms with Crippen molar-refractivity contribution in [3.05, 3.63) is 0 Å². The largest absolute Gasteiger partial charge is 0.385 e. The summed E-state index contributed by atoms with van der Waals surface area (Å²) in [5.41, 5.74) is 6.05. The van der Waals surface area contributed by atoms with Crippen molar-refractivity contribution in [3.8, 4) is 0 Å². The van der Waals surface area contributed by atoms with E-state index in [9.17, 15) is 0 Å². The third kappa shape index (κ3) is 4.47. The number of ether oxygens (including phenoxy) is 2. The molecule has 0 aliphatic carbocycles. The fraction of sp³-hybridized carbons (Fsp3) is 1.00. The number of nitrogens with two attached hydrogens (primary N) is 1. The van der Waals surface area contributed by atoms with Gasteiger partial charge in [-0.15, -0.1) is 0 Å². The minimum atomic E-state index is 0.220. The minimum absolute atomic E-state index is 0.220. The van der Waals surface area contributed by atoms with Crippen molar-refractivity contribution in [3.63, 3.8) is 0 Å². The number of morpholine rings is 1. The molecule has 0 bridgehead atoms. The predicted octanol–water partition coefficient (Wildman–Crippen LogP) is 0.461. The van der Waals surface area contributed by atoms with Gasteiger partial charge in [0.05, 0.1) is 13.2 Å². The molecule has 90 valence electrons. The van der Waals surface area contributed by atoms with E-state index < -0.39 is 0 Å². The van der Waals surface area contributed by atoms with Gasteiger partial charge in [-0.1, -0.05) is 6.92 Å². The van der Waals surface area contributed by atoms with E-state index in [1.807, 2.05) is 0 Å². The first-order valence-corrected chi connectivity index (χ1v) is 5.84. The van der Waals surface area contributed by atoms with Crippen LogP contribution in [-0.2, 0) is 9.47 Å². The Morgan fingerprint density at radius 3 is 3.07 bits per heavy atom. The molecule has 4 heteroatoms. The van der Waals surface area contributed by atoms with Gasteiger partial charge in [0.2, 0.25) is 0 Å². The number of hydrogen-bond donors (Lipinski definition) is 1. The lowest BCUT2D eigenvalue weighted by atomic mass is 10.1. The van der Waals surface area contributed by atoms with E-state index in [0.717, 1.165) is 45.8 Å². The summed E-state index contributed by atoms with van der Waals surface area (Å²) >= 11 is 0. The average molecular weight is 216 g/mol. The lowest BCUT2D eigenvalue weighted by Crippen LogP contribution is -2.50. The van der Waals surface area contributed by atoms with Gasteiger partial charge >= 0.3 is 0 Å². The van der Waals surface area contributed by atoms with Crippen molar-refractivity contribution in [2.24, 2.45) is 5.73 Å². The zero-order chi connectivity index (χ0) is 11.1. The zero-order valence-electron chi connectivity index (χ0n) is 9.95. The maximum Gasteiger partial charge on any atom is 0.0622 e. The fourth-order valence-electron chi connectivity index (χ4n) is 1.97. The van der Waals surface area contributed by atoms with Crippen LogP contribution in [0.5, 0.6) is 0 Å². The van der Waals surface area contributed by atoms with Crippen LogP contribution in [0.25, 0.3) is 0 Å². The molecule has 1 rings (SSSR count). The zero-order valence-corrected chi connectivity index (χ0v) is 9.95. The van der Waals surface area contributed by atoms with Crippen LogP contribution in [0.2, 0.25) is 0 Å². The highest BCUT2D eigenvalue weighted by Crippen LogP contribution is 2.10. The minimum Gasteiger partial charge on any atom is -0.385 e. The van der Waals surface area contributed by atoms with Crippen LogP contribution in [0.3, 0.4) is 0 Å². The molecule has 2 atom stereocenters. The van der Waals surface area contributed by atoms with E-state index in [1.54, 1.807) is 7.11 Å². The molecule has 0 aromatic carbocycles. The molecule has 4 nitrogen and oxygen atoms in total. The predicted molar refractivity (Wildman–Crippen MR) is 60.9 cm³/mol. The molecule has 1 heterocycles. The lowest BCUT2D eigenvalue weighted by Gasteiger charge is -2.36. The highest BCUT2D eigenvalue weighted by molar-refractivity contribution is 4.77. The van der Waals surface area contributed by atoms with Crippen molar-refractivity contribution in [1.29, 1.82) is 0 Å². The van der Waals surface area contributed by atoms with Crippen LogP contribution in [0.1, 0.15) is 19.8 Å². The van der Waals surface area contributed by atoms with Crippen molar-refractivity contribution in [2.75, 3.05) is 40.0 Å². The normalized spacial score (nSPS) is 25.4. The van der Waals surface area contributed by atoms with Gasteiger partial charge < -0.3 is 15.2 Å². The Kier molecular flexibility index (Phi) is 6.17. The topological polar surface area (TPSA) is 47.7 Å². The molecule has 1 fully saturated rings. The highest BCUT2D eigenvalue weighted by atomic mass is 16.5. The maximum absolute atomic E-state index is 6.05. The third-order valence-corrected chi connectivity index (χ3v) is 2.98. The number of rotatable bonds is 6. The summed E-state index contributed by atoms with van der Waals surface area (Å²) in [5.74, 6) is 0. The van der Waals surface area contributed by atoms with Crippen LogP contribution < -0.4 is 5.73 Å². The first kappa shape index (κ1) is 12.9. The highest BCUT2D eigenvalue weighted by Gasteiger charge is 2.22. The van der Waals surface area contributed by atoms with E-state index in [-0.39, 0.29) is 6.04 Å². The molecule has 1 saturated heterocycles. The lowest BCUT2D eigenvalue weighted by molar-refractivity contribution is -0.0120. The molecular formula is C11H24N2O2. The molecule has 0 amide bonds. The quantitative estimate of drug-likeness (QED) is 0.701. The van der Waals surface area contributed by atoms with Gasteiger partial charge in [-0.2, -0.15) is 0 Å². The molecule has 0 spiro atoms. The first-order chi connectivity index (χ1) is 7.27. The summed E-state index contributed by atoms with van der Waals surface area (Å²) in [4.78, 5) is 2.45. The summed E-state index contributed by atoms with van der Waals surface area (Å²) in [6.07, 6.45) is 2.07. The Balaban J connectivity index is 2.27. The fourth-order valence-corrected chi connectivity index (χ4v) is 1.97. The number of hydrogen-bond acceptors (Lipinski definition) is 4. The monoisotopic (exact) mass is 216 g/mol. The van der Waals surface area contributed by atoms with Gasteiger partial charge in [-0.3, -0.25) is 4.90 Å². The molecule has 2 N–H and O–H groups in total. The summed E-state index contributed by atoms with van der Waals surface area (Å²) in [6.45, 7) is 6.63. The Morgan fingerprint density at radius 2 is 2.40 bits per heavy atom. The van der Waals surface area contributed by atoms with Crippen LogP contribution in [0, 0.1) is 0 Å². The van der Waals surface area contributed by atoms with Crippen molar-refractivity contribution in [1.82, 2.24) is 4.90 Å². The second-order valence-electron chi connectivity index (χ2n) is 4.17. The molecule has 2 unspecified atom stereocenters. The molecule has 0 saturated carbocycles. The van der Waals surface area contributed by atoms with Gasteiger partial charge in [0.25, 0.3) is 0 Å². The molecule has 1 aliphatic rings. The molecular weight excluding hydrogens is 192 g/mol. The van der Waals surface area contributed by atoms with Gasteiger partial charge in [0.15, 0.2) is 0 Å². The molecule has 1 aliphatic heterocycles. The van der Waals surface area contributed by atoms with Crippen LogP contribution in [-0.4, -0.2) is 57.0 Å². The molecule has 15 heavy (non-hydrogen) atoms. The van der Waals surface area contributed by atoms with E-state index in [0.29, 0.717) is 6.04 Å². The first-order valence-electron chi connectivity index (χ1n) is 5.84. The Morgan fingerprint density at radius 1 is 1.60 bits per heavy atom. The number of nitrogens with zero attached hydrogens (tertiary/aromatic N) is 1. The van der Waals surface area contributed by atoms with Crippen LogP contribution >= 0.6 is 0 Å². The summed E-state index contributed by atoms with van der Waals surface area (Å²) in [5, 5.41) is 0. The van der Waals surface area contributed by atoms with Crippen molar-refractivity contribution < 1.29 is 9.47 Å². The second kappa shape index (κ2) is 7.17. The average Bonchev–Trinajstić information content (AvgIpc) is 2.27. The molecule has 0 aromatic rings. The molecule has 0 radical (unpaired) electrons. The van der Waals surface area contributed by atoms with Crippen LogP contribution in [0.4, 0.5) is 0 Å². The third-order valence-electron chi connectivity index (χ3n) is 2.98. The van der Waals surface area contributed by atoms with Gasteiger partial charge in [0.1, 0.15) is 0 Å². The molecule has 0 aromatic heterocycles. The standard InChI is InChI=1S/C11H24N2O2/c1-3-11-9-15-7-5-13(11)8-10(12)4-6-14-2/h10-11H,3-9,12H2,1-2H3. The summed E-state index contributed by atoms with van der Waals surface area (Å²) in [7, 11) is 1.72. The maximum atomic E-state index is 6.05. The van der Waals surface area contributed by atoms with Gasteiger partial charge in [-0.05, 0) is 12.8 Å². The van der Waals surface area contributed by atoms with Gasteiger partial charge in [-0.25, -0.2) is 0 Å². The SMILES string of the molecule is CCC1COCCN1CC(N)CCOC. The van der Waals surface area contributed by atoms with E-state index in [1.165, 1.54) is 0 Å². The van der Waals surface area contributed by atoms with Gasteiger partial charge in [0, 0.05) is 38.9 Å². The van der Waals surface area contributed by atoms with E-state index in [4.69, 9.17) is 15.2 Å². The Hall–Kier alpha value is -0.160. The van der Waals surface area contributed by atoms with Crippen LogP contribution in [0.15, 0.2) is 0 Å². The van der Waals surface area contributed by atoms with Crippen molar-refractivity contribution >= 4 is 0 Å². The Bertz CT molecular complexity index is 167. The number of methoxy groups -OCH3 is 1.